The van der Waals surface area contributed by atoms with Crippen molar-refractivity contribution >= 4 is 31.9 Å². The smallest absolute Gasteiger partial charge is 0.141 e. The summed E-state index contributed by atoms with van der Waals surface area (Å²) in [5.41, 5.74) is 1.21. The number of hydrogen-bond acceptors (Lipinski definition) is 2. The van der Waals surface area contributed by atoms with Crippen LogP contribution >= 0.6 is 31.9 Å². The molecule has 0 spiro atoms. The lowest BCUT2D eigenvalue weighted by molar-refractivity contribution is 0.474. The summed E-state index contributed by atoms with van der Waals surface area (Å²) in [7, 11) is 0. The van der Waals surface area contributed by atoms with Gasteiger partial charge in [0, 0.05) is 12.6 Å². The SMILES string of the molecule is Fc1ccc(Oc2ccc(CNC3CC3)cc2Br)c(Br)c1. The summed E-state index contributed by atoms with van der Waals surface area (Å²) < 4.78 is 20.4. The van der Waals surface area contributed by atoms with E-state index in [4.69, 9.17) is 4.74 Å². The van der Waals surface area contributed by atoms with Crippen LogP contribution in [0.15, 0.2) is 45.3 Å². The number of benzene rings is 2. The molecule has 0 atom stereocenters. The van der Waals surface area contributed by atoms with E-state index in [1.54, 1.807) is 6.07 Å². The number of hydrogen-bond donors (Lipinski definition) is 1. The number of nitrogens with one attached hydrogen (secondary N) is 1. The van der Waals surface area contributed by atoms with Gasteiger partial charge < -0.3 is 10.1 Å². The average molecular weight is 415 g/mol. The third-order valence-electron chi connectivity index (χ3n) is 3.28. The van der Waals surface area contributed by atoms with Crippen LogP contribution in [0.25, 0.3) is 0 Å². The van der Waals surface area contributed by atoms with E-state index in [-0.39, 0.29) is 5.82 Å². The second-order valence-corrected chi connectivity index (χ2v) is 6.81. The Morgan fingerprint density at radius 1 is 1.05 bits per heavy atom. The largest absolute Gasteiger partial charge is 0.455 e. The Labute approximate surface area is 140 Å². The average Bonchev–Trinajstić information content (AvgIpc) is 3.26. The fraction of sp³-hybridized carbons (Fsp3) is 0.250. The fourth-order valence-corrected chi connectivity index (χ4v) is 2.90. The monoisotopic (exact) mass is 413 g/mol. The van der Waals surface area contributed by atoms with Crippen LogP contribution in [0.1, 0.15) is 18.4 Å². The van der Waals surface area contributed by atoms with Crippen molar-refractivity contribution in [2.45, 2.75) is 25.4 Å². The normalized spacial score (nSPS) is 14.2. The first-order valence-electron chi connectivity index (χ1n) is 6.76. The van der Waals surface area contributed by atoms with Crippen LogP contribution < -0.4 is 10.1 Å². The molecule has 0 bridgehead atoms. The Bertz CT molecular complexity index is 659. The molecule has 0 heterocycles. The molecule has 0 unspecified atom stereocenters. The minimum absolute atomic E-state index is 0.296. The molecule has 110 valence electrons. The van der Waals surface area contributed by atoms with Gasteiger partial charge in [-0.1, -0.05) is 6.07 Å². The summed E-state index contributed by atoms with van der Waals surface area (Å²) in [6, 6.07) is 11.1. The molecule has 1 fully saturated rings. The Kier molecular flexibility index (Phi) is 4.62. The first-order valence-corrected chi connectivity index (χ1v) is 8.35. The molecular weight excluding hydrogens is 401 g/mol. The highest BCUT2D eigenvalue weighted by Crippen LogP contribution is 2.34. The molecule has 2 aromatic rings. The van der Waals surface area contributed by atoms with Gasteiger partial charge in [-0.3, -0.25) is 0 Å². The van der Waals surface area contributed by atoms with Gasteiger partial charge in [0.15, 0.2) is 0 Å². The topological polar surface area (TPSA) is 21.3 Å². The molecular formula is C16H14Br2FNO. The minimum Gasteiger partial charge on any atom is -0.455 e. The van der Waals surface area contributed by atoms with Gasteiger partial charge >= 0.3 is 0 Å². The Balaban J connectivity index is 1.72. The highest BCUT2D eigenvalue weighted by molar-refractivity contribution is 9.11. The molecule has 3 rings (SSSR count). The third kappa shape index (κ3) is 4.05. The predicted octanol–water partition coefficient (Wildman–Crippen LogP) is 5.40. The summed E-state index contributed by atoms with van der Waals surface area (Å²) in [4.78, 5) is 0. The van der Waals surface area contributed by atoms with E-state index in [9.17, 15) is 4.39 Å². The Hall–Kier alpha value is -0.910. The zero-order valence-electron chi connectivity index (χ0n) is 11.2. The number of ether oxygens (including phenoxy) is 1. The molecule has 1 N–H and O–H groups in total. The maximum absolute atomic E-state index is 13.1. The van der Waals surface area contributed by atoms with E-state index in [1.165, 1.54) is 30.5 Å². The summed E-state index contributed by atoms with van der Waals surface area (Å²) in [5.74, 6) is 0.994. The van der Waals surface area contributed by atoms with Gasteiger partial charge in [0.2, 0.25) is 0 Å². The van der Waals surface area contributed by atoms with Crippen molar-refractivity contribution < 1.29 is 9.13 Å². The fourth-order valence-electron chi connectivity index (χ4n) is 1.96. The van der Waals surface area contributed by atoms with Gasteiger partial charge in [-0.2, -0.15) is 0 Å². The molecule has 2 nitrogen and oxygen atoms in total. The van der Waals surface area contributed by atoms with Crippen molar-refractivity contribution in [2.24, 2.45) is 0 Å². The molecule has 0 amide bonds. The highest BCUT2D eigenvalue weighted by Gasteiger charge is 2.20. The van der Waals surface area contributed by atoms with Gasteiger partial charge in [0.25, 0.3) is 0 Å². The zero-order valence-corrected chi connectivity index (χ0v) is 14.4. The molecule has 21 heavy (non-hydrogen) atoms. The first-order chi connectivity index (χ1) is 10.1. The molecule has 1 saturated carbocycles. The van der Waals surface area contributed by atoms with Crippen LogP contribution in [0.2, 0.25) is 0 Å². The first kappa shape index (κ1) is 15.0. The molecule has 1 aliphatic carbocycles. The lowest BCUT2D eigenvalue weighted by atomic mass is 10.2. The molecule has 5 heteroatoms. The van der Waals surface area contributed by atoms with Crippen LogP contribution in [0.5, 0.6) is 11.5 Å². The van der Waals surface area contributed by atoms with Crippen molar-refractivity contribution in [1.29, 1.82) is 0 Å². The van der Waals surface area contributed by atoms with E-state index in [0.29, 0.717) is 22.0 Å². The van der Waals surface area contributed by atoms with Gasteiger partial charge in [0.1, 0.15) is 17.3 Å². The second-order valence-electron chi connectivity index (χ2n) is 5.10. The highest BCUT2D eigenvalue weighted by atomic mass is 79.9. The predicted molar refractivity (Wildman–Crippen MR) is 88.2 cm³/mol. The number of halogens is 3. The molecule has 0 aromatic heterocycles. The molecule has 2 aromatic carbocycles. The summed E-state index contributed by atoms with van der Waals surface area (Å²) in [5, 5.41) is 3.47. The molecule has 0 saturated heterocycles. The number of rotatable bonds is 5. The van der Waals surface area contributed by atoms with Gasteiger partial charge in [-0.15, -0.1) is 0 Å². The lowest BCUT2D eigenvalue weighted by Crippen LogP contribution is -2.15. The van der Waals surface area contributed by atoms with Crippen LogP contribution in [-0.2, 0) is 6.54 Å². The van der Waals surface area contributed by atoms with Crippen molar-refractivity contribution in [3.05, 3.63) is 56.7 Å². The van der Waals surface area contributed by atoms with E-state index in [0.717, 1.165) is 11.0 Å². The molecule has 0 radical (unpaired) electrons. The van der Waals surface area contributed by atoms with E-state index < -0.39 is 0 Å². The standard InChI is InChI=1S/C16H14Br2FNO/c17-13-7-10(9-20-12-3-4-12)1-5-15(13)21-16-6-2-11(19)8-14(16)18/h1-2,5-8,12,20H,3-4,9H2. The van der Waals surface area contributed by atoms with Crippen LogP contribution in [0, 0.1) is 5.82 Å². The maximum Gasteiger partial charge on any atom is 0.141 e. The third-order valence-corrected chi connectivity index (χ3v) is 4.52. The summed E-state index contributed by atoms with van der Waals surface area (Å²) in [6.07, 6.45) is 2.56. The molecule has 1 aliphatic rings. The Morgan fingerprint density at radius 3 is 2.33 bits per heavy atom. The van der Waals surface area contributed by atoms with Crippen molar-refractivity contribution in [1.82, 2.24) is 5.32 Å². The maximum atomic E-state index is 13.1. The summed E-state index contributed by atoms with van der Waals surface area (Å²) in [6.45, 7) is 0.865. The second kappa shape index (κ2) is 6.46. The van der Waals surface area contributed by atoms with Gasteiger partial charge in [-0.25, -0.2) is 4.39 Å². The van der Waals surface area contributed by atoms with E-state index >= 15 is 0 Å². The minimum atomic E-state index is -0.296. The lowest BCUT2D eigenvalue weighted by Gasteiger charge is -2.11. The summed E-state index contributed by atoms with van der Waals surface area (Å²) >= 11 is 6.83. The van der Waals surface area contributed by atoms with Crippen molar-refractivity contribution in [3.8, 4) is 11.5 Å². The van der Waals surface area contributed by atoms with Crippen molar-refractivity contribution in [3.63, 3.8) is 0 Å². The van der Waals surface area contributed by atoms with Crippen LogP contribution in [0.3, 0.4) is 0 Å². The van der Waals surface area contributed by atoms with Crippen molar-refractivity contribution in [2.75, 3.05) is 0 Å². The van der Waals surface area contributed by atoms with E-state index in [1.807, 2.05) is 18.2 Å². The molecule has 0 aliphatic heterocycles. The quantitative estimate of drug-likeness (QED) is 0.707. The van der Waals surface area contributed by atoms with Gasteiger partial charge in [0.05, 0.1) is 8.95 Å². The van der Waals surface area contributed by atoms with Crippen LogP contribution in [-0.4, -0.2) is 6.04 Å². The van der Waals surface area contributed by atoms with E-state index in [2.05, 4.69) is 37.2 Å². The van der Waals surface area contributed by atoms with Crippen LogP contribution in [0.4, 0.5) is 4.39 Å². The zero-order chi connectivity index (χ0) is 14.8. The Morgan fingerprint density at radius 2 is 1.71 bits per heavy atom. The van der Waals surface area contributed by atoms with Gasteiger partial charge in [-0.05, 0) is 80.6 Å².